The van der Waals surface area contributed by atoms with Crippen LogP contribution in [0.15, 0.2) is 12.1 Å². The molecule has 0 bridgehead atoms. The van der Waals surface area contributed by atoms with Crippen molar-refractivity contribution in [3.8, 4) is 0 Å². The van der Waals surface area contributed by atoms with Crippen molar-refractivity contribution in [1.29, 1.82) is 0 Å². The number of rotatable bonds is 4. The van der Waals surface area contributed by atoms with Gasteiger partial charge in [-0.2, -0.15) is 0 Å². The SMILES string of the molecule is Cc1ccc(C(C)Nc2nc(C(C)C)nc(N)c2C)s1. The van der Waals surface area contributed by atoms with Gasteiger partial charge in [-0.15, -0.1) is 11.3 Å². The summed E-state index contributed by atoms with van der Waals surface area (Å²) in [5, 5.41) is 3.46. The second kappa shape index (κ2) is 5.79. The molecule has 0 fully saturated rings. The first-order valence-corrected chi connectivity index (χ1v) is 7.67. The molecular weight excluding hydrogens is 268 g/mol. The lowest BCUT2D eigenvalue weighted by Crippen LogP contribution is -2.12. The van der Waals surface area contributed by atoms with Gasteiger partial charge in [0.05, 0.1) is 6.04 Å². The minimum Gasteiger partial charge on any atom is -0.383 e. The van der Waals surface area contributed by atoms with Gasteiger partial charge in [-0.05, 0) is 32.9 Å². The van der Waals surface area contributed by atoms with Crippen LogP contribution in [0.3, 0.4) is 0 Å². The number of aromatic nitrogens is 2. The lowest BCUT2D eigenvalue weighted by Gasteiger charge is -2.17. The second-order valence-corrected chi connectivity index (χ2v) is 6.73. The van der Waals surface area contributed by atoms with Gasteiger partial charge >= 0.3 is 0 Å². The van der Waals surface area contributed by atoms with Gasteiger partial charge in [0.25, 0.3) is 0 Å². The topological polar surface area (TPSA) is 63.8 Å². The summed E-state index contributed by atoms with van der Waals surface area (Å²) in [4.78, 5) is 11.6. The lowest BCUT2D eigenvalue weighted by atomic mass is 10.2. The van der Waals surface area contributed by atoms with Gasteiger partial charge in [-0.1, -0.05) is 13.8 Å². The fraction of sp³-hybridized carbons (Fsp3) is 0.467. The summed E-state index contributed by atoms with van der Waals surface area (Å²) >= 11 is 1.80. The highest BCUT2D eigenvalue weighted by molar-refractivity contribution is 7.12. The molecule has 2 heterocycles. The van der Waals surface area contributed by atoms with E-state index in [-0.39, 0.29) is 12.0 Å². The van der Waals surface area contributed by atoms with E-state index in [1.54, 1.807) is 11.3 Å². The summed E-state index contributed by atoms with van der Waals surface area (Å²) < 4.78 is 0. The van der Waals surface area contributed by atoms with Crippen LogP contribution >= 0.6 is 11.3 Å². The predicted molar refractivity (Wildman–Crippen MR) is 86.4 cm³/mol. The number of nitrogens with zero attached hydrogens (tertiary/aromatic N) is 2. The van der Waals surface area contributed by atoms with Gasteiger partial charge in [0.15, 0.2) is 0 Å². The maximum atomic E-state index is 5.99. The number of hydrogen-bond donors (Lipinski definition) is 2. The minimum atomic E-state index is 0.210. The van der Waals surface area contributed by atoms with Crippen molar-refractivity contribution in [2.24, 2.45) is 0 Å². The van der Waals surface area contributed by atoms with Crippen molar-refractivity contribution in [3.05, 3.63) is 33.3 Å². The Kier molecular flexibility index (Phi) is 4.28. The van der Waals surface area contributed by atoms with Crippen LogP contribution < -0.4 is 11.1 Å². The molecule has 0 aliphatic rings. The Morgan fingerprint density at radius 2 is 1.85 bits per heavy atom. The molecule has 0 aromatic carbocycles. The molecule has 1 unspecified atom stereocenters. The Hall–Kier alpha value is -1.62. The standard InChI is InChI=1S/C15H22N4S/c1-8(2)14-18-13(16)10(4)15(19-14)17-11(5)12-7-6-9(3)20-12/h6-8,11H,1-5H3,(H3,16,17,18,19). The van der Waals surface area contributed by atoms with E-state index >= 15 is 0 Å². The van der Waals surface area contributed by atoms with Crippen LogP contribution in [0, 0.1) is 13.8 Å². The van der Waals surface area contributed by atoms with Gasteiger partial charge in [0.1, 0.15) is 17.5 Å². The van der Waals surface area contributed by atoms with Crippen molar-refractivity contribution < 1.29 is 0 Å². The molecule has 3 N–H and O–H groups in total. The maximum absolute atomic E-state index is 5.99. The highest BCUT2D eigenvalue weighted by Gasteiger charge is 2.14. The quantitative estimate of drug-likeness (QED) is 0.892. The largest absolute Gasteiger partial charge is 0.383 e. The highest BCUT2D eigenvalue weighted by atomic mass is 32.1. The Balaban J connectivity index is 2.28. The van der Waals surface area contributed by atoms with Gasteiger partial charge in [0.2, 0.25) is 0 Å². The molecule has 2 aromatic heterocycles. The van der Waals surface area contributed by atoms with Gasteiger partial charge in [0, 0.05) is 21.2 Å². The van der Waals surface area contributed by atoms with E-state index in [4.69, 9.17) is 5.73 Å². The molecule has 1 atom stereocenters. The minimum absolute atomic E-state index is 0.210. The average Bonchev–Trinajstić information content (AvgIpc) is 2.81. The van der Waals surface area contributed by atoms with E-state index in [9.17, 15) is 0 Å². The zero-order valence-corrected chi connectivity index (χ0v) is 13.5. The Morgan fingerprint density at radius 3 is 2.40 bits per heavy atom. The molecular formula is C15H22N4S. The third-order valence-electron chi connectivity index (χ3n) is 3.26. The molecule has 0 aliphatic carbocycles. The number of thiophene rings is 1. The summed E-state index contributed by atoms with van der Waals surface area (Å²) in [5.74, 6) is 2.43. The highest BCUT2D eigenvalue weighted by Crippen LogP contribution is 2.28. The van der Waals surface area contributed by atoms with Crippen LogP contribution in [0.2, 0.25) is 0 Å². The zero-order valence-electron chi connectivity index (χ0n) is 12.7. The van der Waals surface area contributed by atoms with E-state index in [2.05, 4.69) is 55.1 Å². The first-order valence-electron chi connectivity index (χ1n) is 6.85. The zero-order chi connectivity index (χ0) is 14.9. The predicted octanol–water partition coefficient (Wildman–Crippen LogP) is 4.03. The molecule has 0 saturated heterocycles. The first-order chi connectivity index (χ1) is 9.38. The van der Waals surface area contributed by atoms with Gasteiger partial charge in [-0.3, -0.25) is 0 Å². The van der Waals surface area contributed by atoms with Crippen LogP contribution in [0.5, 0.6) is 0 Å². The maximum Gasteiger partial charge on any atom is 0.135 e. The van der Waals surface area contributed by atoms with Crippen LogP contribution in [-0.2, 0) is 0 Å². The molecule has 5 heteroatoms. The molecule has 2 aromatic rings. The number of nitrogen functional groups attached to an aromatic ring is 1. The summed E-state index contributed by atoms with van der Waals surface area (Å²) in [6.45, 7) is 10.3. The van der Waals surface area contributed by atoms with Gasteiger partial charge in [-0.25, -0.2) is 9.97 Å². The van der Waals surface area contributed by atoms with Crippen molar-refractivity contribution in [2.75, 3.05) is 11.1 Å². The van der Waals surface area contributed by atoms with Crippen molar-refractivity contribution in [1.82, 2.24) is 9.97 Å². The normalized spacial score (nSPS) is 12.7. The number of nitrogens with two attached hydrogens (primary N) is 1. The van der Waals surface area contributed by atoms with Gasteiger partial charge < -0.3 is 11.1 Å². The van der Waals surface area contributed by atoms with E-state index in [0.717, 1.165) is 17.2 Å². The molecule has 0 amide bonds. The number of hydrogen-bond acceptors (Lipinski definition) is 5. The molecule has 20 heavy (non-hydrogen) atoms. The van der Waals surface area contributed by atoms with Crippen LogP contribution in [0.1, 0.15) is 53.9 Å². The van der Waals surface area contributed by atoms with Crippen LogP contribution in [-0.4, -0.2) is 9.97 Å². The van der Waals surface area contributed by atoms with Crippen molar-refractivity contribution in [3.63, 3.8) is 0 Å². The third kappa shape index (κ3) is 3.10. The molecule has 0 aliphatic heterocycles. The molecule has 4 nitrogen and oxygen atoms in total. The fourth-order valence-corrected chi connectivity index (χ4v) is 2.79. The Morgan fingerprint density at radius 1 is 1.15 bits per heavy atom. The monoisotopic (exact) mass is 290 g/mol. The molecule has 0 spiro atoms. The molecule has 0 radical (unpaired) electrons. The van der Waals surface area contributed by atoms with Crippen molar-refractivity contribution in [2.45, 2.75) is 46.6 Å². The summed E-state index contributed by atoms with van der Waals surface area (Å²) in [7, 11) is 0. The second-order valence-electron chi connectivity index (χ2n) is 5.41. The molecule has 108 valence electrons. The van der Waals surface area contributed by atoms with E-state index < -0.39 is 0 Å². The first kappa shape index (κ1) is 14.8. The smallest absolute Gasteiger partial charge is 0.135 e. The fourth-order valence-electron chi connectivity index (χ4n) is 1.91. The molecule has 0 saturated carbocycles. The summed E-state index contributed by atoms with van der Waals surface area (Å²) in [6, 6.07) is 4.50. The van der Waals surface area contributed by atoms with Crippen molar-refractivity contribution >= 4 is 23.0 Å². The third-order valence-corrected chi connectivity index (χ3v) is 4.44. The average molecular weight is 290 g/mol. The van der Waals surface area contributed by atoms with Crippen LogP contribution in [0.4, 0.5) is 11.6 Å². The van der Waals surface area contributed by atoms with Crippen LogP contribution in [0.25, 0.3) is 0 Å². The summed E-state index contributed by atoms with van der Waals surface area (Å²) in [6.07, 6.45) is 0. The lowest BCUT2D eigenvalue weighted by molar-refractivity contribution is 0.769. The number of anilines is 2. The molecule has 2 rings (SSSR count). The summed E-state index contributed by atoms with van der Waals surface area (Å²) in [5.41, 5.74) is 6.90. The van der Waals surface area contributed by atoms with E-state index in [1.165, 1.54) is 9.75 Å². The Labute approximate surface area is 124 Å². The van der Waals surface area contributed by atoms with E-state index in [1.807, 2.05) is 6.92 Å². The number of nitrogens with one attached hydrogen (secondary N) is 1. The number of aryl methyl sites for hydroxylation is 1. The Bertz CT molecular complexity index is 604. The van der Waals surface area contributed by atoms with E-state index in [0.29, 0.717) is 5.82 Å².